The second kappa shape index (κ2) is 6.10. The van der Waals surface area contributed by atoms with Crippen LogP contribution in [0.3, 0.4) is 0 Å². The number of aliphatic carboxylic acids is 1. The Morgan fingerprint density at radius 3 is 2.75 bits per heavy atom. The van der Waals surface area contributed by atoms with E-state index in [9.17, 15) is 19.5 Å². The smallest absolute Gasteiger partial charge is 0.309 e. The van der Waals surface area contributed by atoms with E-state index in [1.165, 1.54) is 0 Å². The number of hydrogen-bond donors (Lipinski definition) is 3. The average molecular weight is 332 g/mol. The van der Waals surface area contributed by atoms with Gasteiger partial charge in [0.05, 0.1) is 17.0 Å². The highest BCUT2D eigenvalue weighted by Gasteiger charge is 2.52. The fourth-order valence-electron chi connectivity index (χ4n) is 3.65. The fraction of sp³-hybridized carbons (Fsp3) is 0.500. The van der Waals surface area contributed by atoms with Gasteiger partial charge in [-0.1, -0.05) is 0 Å². The number of likely N-dealkylation sites (tertiary alicyclic amines) is 1. The summed E-state index contributed by atoms with van der Waals surface area (Å²) in [5, 5.41) is 15.1. The van der Waals surface area contributed by atoms with Crippen molar-refractivity contribution in [2.75, 3.05) is 25.5 Å². The SMILES string of the molecule is CNc1ncccc1C(=O)N1CCC2(CC1)NC(=O)CC2C(=O)O. The van der Waals surface area contributed by atoms with E-state index >= 15 is 0 Å². The van der Waals surface area contributed by atoms with Crippen molar-refractivity contribution < 1.29 is 19.5 Å². The molecule has 3 N–H and O–H groups in total. The standard InChI is InChI=1S/C16H20N4O4/c1-17-13-10(3-2-6-18-13)14(22)20-7-4-16(5-8-20)11(15(23)24)9-12(21)19-16/h2-3,6,11H,4-5,7-9H2,1H3,(H,17,18)(H,19,21)(H,23,24). The number of amides is 2. The van der Waals surface area contributed by atoms with Gasteiger partial charge in [0.15, 0.2) is 0 Å². The van der Waals surface area contributed by atoms with Gasteiger partial charge in [0.2, 0.25) is 5.91 Å². The number of nitrogens with zero attached hydrogens (tertiary/aromatic N) is 2. The number of hydrogen-bond acceptors (Lipinski definition) is 5. The quantitative estimate of drug-likeness (QED) is 0.735. The van der Waals surface area contributed by atoms with Crippen LogP contribution in [0.5, 0.6) is 0 Å². The largest absolute Gasteiger partial charge is 0.481 e. The zero-order chi connectivity index (χ0) is 17.3. The molecule has 2 aliphatic heterocycles. The summed E-state index contributed by atoms with van der Waals surface area (Å²) in [6.45, 7) is 0.807. The second-order valence-electron chi connectivity index (χ2n) is 6.24. The van der Waals surface area contributed by atoms with Crippen molar-refractivity contribution in [3.8, 4) is 0 Å². The molecular weight excluding hydrogens is 312 g/mol. The molecule has 0 aliphatic carbocycles. The van der Waals surface area contributed by atoms with E-state index in [1.807, 2.05) is 0 Å². The van der Waals surface area contributed by atoms with Gasteiger partial charge in [-0.05, 0) is 25.0 Å². The van der Waals surface area contributed by atoms with Crippen molar-refractivity contribution >= 4 is 23.6 Å². The minimum absolute atomic E-state index is 0.00971. The van der Waals surface area contributed by atoms with Crippen molar-refractivity contribution in [1.29, 1.82) is 0 Å². The lowest BCUT2D eigenvalue weighted by molar-refractivity contribution is -0.144. The van der Waals surface area contributed by atoms with E-state index in [-0.39, 0.29) is 18.2 Å². The van der Waals surface area contributed by atoms with Gasteiger partial charge in [0.25, 0.3) is 5.91 Å². The third kappa shape index (κ3) is 2.68. The molecule has 2 fully saturated rings. The van der Waals surface area contributed by atoms with E-state index in [0.29, 0.717) is 37.3 Å². The molecule has 24 heavy (non-hydrogen) atoms. The summed E-state index contributed by atoms with van der Waals surface area (Å²) < 4.78 is 0. The zero-order valence-electron chi connectivity index (χ0n) is 13.4. The van der Waals surface area contributed by atoms with Crippen molar-refractivity contribution in [3.63, 3.8) is 0 Å². The lowest BCUT2D eigenvalue weighted by Gasteiger charge is -2.41. The number of aromatic nitrogens is 1. The second-order valence-corrected chi connectivity index (χ2v) is 6.24. The molecule has 3 heterocycles. The van der Waals surface area contributed by atoms with E-state index in [1.54, 1.807) is 30.3 Å². The van der Waals surface area contributed by atoms with Crippen LogP contribution in [0, 0.1) is 5.92 Å². The molecule has 8 heteroatoms. The highest BCUT2D eigenvalue weighted by molar-refractivity contribution is 5.98. The monoisotopic (exact) mass is 332 g/mol. The molecule has 8 nitrogen and oxygen atoms in total. The first-order valence-corrected chi connectivity index (χ1v) is 7.93. The first-order chi connectivity index (χ1) is 11.5. The summed E-state index contributed by atoms with van der Waals surface area (Å²) in [6, 6.07) is 3.42. The highest BCUT2D eigenvalue weighted by Crippen LogP contribution is 2.37. The highest BCUT2D eigenvalue weighted by atomic mass is 16.4. The number of anilines is 1. The van der Waals surface area contributed by atoms with Crippen LogP contribution in [0.25, 0.3) is 0 Å². The van der Waals surface area contributed by atoms with Crippen molar-refractivity contribution in [3.05, 3.63) is 23.9 Å². The zero-order valence-corrected chi connectivity index (χ0v) is 13.4. The van der Waals surface area contributed by atoms with Crippen LogP contribution >= 0.6 is 0 Å². The van der Waals surface area contributed by atoms with Gasteiger partial charge in [0.1, 0.15) is 5.82 Å². The van der Waals surface area contributed by atoms with Crippen molar-refractivity contribution in [1.82, 2.24) is 15.2 Å². The Balaban J connectivity index is 1.74. The molecule has 1 aromatic rings. The molecule has 0 saturated carbocycles. The van der Waals surface area contributed by atoms with E-state index in [0.717, 1.165) is 0 Å². The predicted molar refractivity (Wildman–Crippen MR) is 85.5 cm³/mol. The molecule has 2 amide bonds. The fourth-order valence-corrected chi connectivity index (χ4v) is 3.65. The van der Waals surface area contributed by atoms with E-state index in [2.05, 4.69) is 15.6 Å². The summed E-state index contributed by atoms with van der Waals surface area (Å²) in [6.07, 6.45) is 2.50. The number of carbonyl (C=O) groups excluding carboxylic acids is 2. The Kier molecular flexibility index (Phi) is 4.13. The normalized spacial score (nSPS) is 22.3. The van der Waals surface area contributed by atoms with Gasteiger partial charge in [-0.15, -0.1) is 0 Å². The lowest BCUT2D eigenvalue weighted by Crippen LogP contribution is -2.56. The van der Waals surface area contributed by atoms with Gasteiger partial charge in [0, 0.05) is 32.8 Å². The van der Waals surface area contributed by atoms with Crippen LogP contribution in [-0.4, -0.2) is 58.5 Å². The summed E-state index contributed by atoms with van der Waals surface area (Å²) in [4.78, 5) is 41.7. The summed E-state index contributed by atoms with van der Waals surface area (Å²) in [5.74, 6) is -1.54. The Labute approximate surface area is 139 Å². The van der Waals surface area contributed by atoms with Crippen LogP contribution in [0.2, 0.25) is 0 Å². The van der Waals surface area contributed by atoms with Crippen LogP contribution in [0.15, 0.2) is 18.3 Å². The minimum Gasteiger partial charge on any atom is -0.481 e. The molecule has 128 valence electrons. The molecule has 2 saturated heterocycles. The van der Waals surface area contributed by atoms with Gasteiger partial charge in [-0.25, -0.2) is 4.98 Å². The molecule has 1 aromatic heterocycles. The molecular formula is C16H20N4O4. The molecule has 1 atom stereocenters. The van der Waals surface area contributed by atoms with Gasteiger partial charge in [-0.3, -0.25) is 14.4 Å². The Bertz CT molecular complexity index is 682. The Morgan fingerprint density at radius 1 is 1.42 bits per heavy atom. The van der Waals surface area contributed by atoms with Gasteiger partial charge >= 0.3 is 5.97 Å². The maximum absolute atomic E-state index is 12.7. The number of nitrogens with one attached hydrogen (secondary N) is 2. The number of pyridine rings is 1. The number of rotatable bonds is 3. The molecule has 0 radical (unpaired) electrons. The molecule has 0 bridgehead atoms. The molecule has 0 aromatic carbocycles. The lowest BCUT2D eigenvalue weighted by atomic mass is 9.77. The molecule has 1 spiro atoms. The van der Waals surface area contributed by atoms with Gasteiger partial charge in [-0.2, -0.15) is 0 Å². The van der Waals surface area contributed by atoms with Crippen LogP contribution < -0.4 is 10.6 Å². The van der Waals surface area contributed by atoms with E-state index in [4.69, 9.17) is 0 Å². The third-order valence-corrected chi connectivity index (χ3v) is 4.96. The number of carboxylic acid groups (broad SMARTS) is 1. The van der Waals surface area contributed by atoms with Crippen LogP contribution in [-0.2, 0) is 9.59 Å². The molecule has 2 aliphatic rings. The maximum atomic E-state index is 12.7. The number of carbonyl (C=O) groups is 3. The van der Waals surface area contributed by atoms with Gasteiger partial charge < -0.3 is 20.6 Å². The van der Waals surface area contributed by atoms with E-state index < -0.39 is 17.4 Å². The van der Waals surface area contributed by atoms with Crippen molar-refractivity contribution in [2.24, 2.45) is 5.92 Å². The summed E-state index contributed by atoms with van der Waals surface area (Å²) >= 11 is 0. The van der Waals surface area contributed by atoms with Crippen LogP contribution in [0.4, 0.5) is 5.82 Å². The Hall–Kier alpha value is -2.64. The molecule has 1 unspecified atom stereocenters. The summed E-state index contributed by atoms with van der Waals surface area (Å²) in [5.41, 5.74) is -0.248. The average Bonchev–Trinajstić information content (AvgIpc) is 2.91. The Morgan fingerprint density at radius 2 is 2.12 bits per heavy atom. The first kappa shape index (κ1) is 16.2. The first-order valence-electron chi connectivity index (χ1n) is 7.93. The summed E-state index contributed by atoms with van der Waals surface area (Å²) in [7, 11) is 1.70. The minimum atomic E-state index is -0.960. The van der Waals surface area contributed by atoms with Crippen LogP contribution in [0.1, 0.15) is 29.6 Å². The maximum Gasteiger partial charge on any atom is 0.309 e. The van der Waals surface area contributed by atoms with Crippen molar-refractivity contribution in [2.45, 2.75) is 24.8 Å². The number of carboxylic acids is 1. The third-order valence-electron chi connectivity index (χ3n) is 4.96. The molecule has 3 rings (SSSR count). The predicted octanol–water partition coefficient (Wildman–Crippen LogP) is 0.319. The topological polar surface area (TPSA) is 112 Å². The number of piperidine rings is 1.